The molecule has 0 bridgehead atoms. The van der Waals surface area contributed by atoms with Gasteiger partial charge in [0.05, 0.1) is 5.75 Å². The van der Waals surface area contributed by atoms with E-state index in [4.69, 9.17) is 4.42 Å². The molecule has 2 heterocycles. The zero-order valence-corrected chi connectivity index (χ0v) is 16.1. The molecule has 7 heteroatoms. The Hall–Kier alpha value is -2.28. The summed E-state index contributed by atoms with van der Waals surface area (Å²) in [5, 5.41) is 12.9. The van der Waals surface area contributed by atoms with Gasteiger partial charge in [0.25, 0.3) is 5.22 Å². The van der Waals surface area contributed by atoms with Crippen molar-refractivity contribution in [3.8, 4) is 0 Å². The van der Waals surface area contributed by atoms with Gasteiger partial charge in [0.15, 0.2) is 0 Å². The topological polar surface area (TPSA) is 83.8 Å². The van der Waals surface area contributed by atoms with Gasteiger partial charge in [0, 0.05) is 29.6 Å². The molecule has 2 aromatic heterocycles. The van der Waals surface area contributed by atoms with E-state index in [0.29, 0.717) is 23.4 Å². The lowest BCUT2D eigenvalue weighted by Crippen LogP contribution is -2.27. The van der Waals surface area contributed by atoms with Crippen LogP contribution in [0.5, 0.6) is 0 Å². The second-order valence-corrected chi connectivity index (χ2v) is 7.92. The Morgan fingerprint density at radius 3 is 2.96 bits per heavy atom. The molecule has 0 saturated heterocycles. The van der Waals surface area contributed by atoms with Crippen LogP contribution in [-0.4, -0.2) is 33.4 Å². The Labute approximate surface area is 162 Å². The van der Waals surface area contributed by atoms with Gasteiger partial charge in [-0.15, -0.1) is 10.2 Å². The summed E-state index contributed by atoms with van der Waals surface area (Å²) >= 11 is 1.31. The molecule has 0 unspecified atom stereocenters. The Bertz CT molecular complexity index is 898. The Morgan fingerprint density at radius 1 is 1.22 bits per heavy atom. The van der Waals surface area contributed by atoms with E-state index in [1.807, 2.05) is 18.3 Å². The van der Waals surface area contributed by atoms with Crippen molar-refractivity contribution in [3.63, 3.8) is 0 Å². The highest BCUT2D eigenvalue weighted by Gasteiger charge is 2.21. The highest BCUT2D eigenvalue weighted by Crippen LogP contribution is 2.32. The first-order valence-electron chi connectivity index (χ1n) is 9.57. The first kappa shape index (κ1) is 18.1. The van der Waals surface area contributed by atoms with Crippen molar-refractivity contribution < 1.29 is 9.21 Å². The smallest absolute Gasteiger partial charge is 0.277 e. The number of hydrogen-bond acceptors (Lipinski definition) is 5. The van der Waals surface area contributed by atoms with Gasteiger partial charge in [-0.2, -0.15) is 0 Å². The molecule has 0 aliphatic heterocycles. The fourth-order valence-corrected chi connectivity index (χ4v) is 4.25. The predicted molar refractivity (Wildman–Crippen MR) is 106 cm³/mol. The SMILES string of the molecule is O=C(CSc1nnc(C2CCCCC2)o1)NCCc1c[nH]c2ccccc12. The molecular formula is C20H24N4O2S. The van der Waals surface area contributed by atoms with Gasteiger partial charge in [-0.25, -0.2) is 0 Å². The summed E-state index contributed by atoms with van der Waals surface area (Å²) in [7, 11) is 0. The van der Waals surface area contributed by atoms with E-state index in [-0.39, 0.29) is 5.91 Å². The van der Waals surface area contributed by atoms with Crippen LogP contribution in [0.15, 0.2) is 40.1 Å². The normalized spacial score (nSPS) is 15.3. The summed E-state index contributed by atoms with van der Waals surface area (Å²) < 4.78 is 5.74. The highest BCUT2D eigenvalue weighted by atomic mass is 32.2. The average molecular weight is 385 g/mol. The molecule has 3 aromatic rings. The number of benzene rings is 1. The van der Waals surface area contributed by atoms with Gasteiger partial charge >= 0.3 is 0 Å². The van der Waals surface area contributed by atoms with Crippen LogP contribution >= 0.6 is 11.8 Å². The monoisotopic (exact) mass is 384 g/mol. The summed E-state index contributed by atoms with van der Waals surface area (Å²) in [5.41, 5.74) is 2.34. The van der Waals surface area contributed by atoms with Crippen LogP contribution in [0.1, 0.15) is 49.5 Å². The Balaban J connectivity index is 1.21. The van der Waals surface area contributed by atoms with Crippen molar-refractivity contribution in [1.29, 1.82) is 0 Å². The van der Waals surface area contributed by atoms with E-state index in [9.17, 15) is 4.79 Å². The minimum atomic E-state index is -0.0164. The van der Waals surface area contributed by atoms with E-state index < -0.39 is 0 Å². The third-order valence-corrected chi connectivity index (χ3v) is 5.91. The molecule has 6 nitrogen and oxygen atoms in total. The number of thioether (sulfide) groups is 1. The maximum Gasteiger partial charge on any atom is 0.277 e. The average Bonchev–Trinajstić information content (AvgIpc) is 3.35. The largest absolute Gasteiger partial charge is 0.416 e. The molecule has 2 N–H and O–H groups in total. The van der Waals surface area contributed by atoms with Crippen molar-refractivity contribution in [2.75, 3.05) is 12.3 Å². The van der Waals surface area contributed by atoms with E-state index >= 15 is 0 Å². The van der Waals surface area contributed by atoms with Crippen molar-refractivity contribution in [2.45, 2.75) is 49.7 Å². The maximum absolute atomic E-state index is 12.1. The number of H-pyrrole nitrogens is 1. The van der Waals surface area contributed by atoms with E-state index in [2.05, 4.69) is 32.6 Å². The third-order valence-electron chi connectivity index (χ3n) is 5.09. The minimum Gasteiger partial charge on any atom is -0.416 e. The number of amides is 1. The number of rotatable bonds is 7. The zero-order chi connectivity index (χ0) is 18.5. The summed E-state index contributed by atoms with van der Waals surface area (Å²) in [6.45, 7) is 0.610. The molecule has 1 fully saturated rings. The molecule has 1 saturated carbocycles. The van der Waals surface area contributed by atoms with Gasteiger partial charge in [-0.3, -0.25) is 4.79 Å². The van der Waals surface area contributed by atoms with Crippen LogP contribution < -0.4 is 5.32 Å². The second-order valence-electron chi connectivity index (χ2n) is 6.99. The number of hydrogen-bond donors (Lipinski definition) is 2. The minimum absolute atomic E-state index is 0.0164. The third kappa shape index (κ3) is 4.53. The molecule has 0 spiro atoms. The standard InChI is InChI=1S/C20H24N4O2S/c25-18(21-11-10-15-12-22-17-9-5-4-8-16(15)17)13-27-20-24-23-19(26-20)14-6-2-1-3-7-14/h4-5,8-9,12,14,22H,1-3,6-7,10-11,13H2,(H,21,25). The lowest BCUT2D eigenvalue weighted by atomic mass is 9.89. The molecule has 1 aliphatic rings. The lowest BCUT2D eigenvalue weighted by Gasteiger charge is -2.17. The number of nitrogens with one attached hydrogen (secondary N) is 2. The van der Waals surface area contributed by atoms with Crippen molar-refractivity contribution in [3.05, 3.63) is 41.9 Å². The van der Waals surface area contributed by atoms with Gasteiger partial charge in [0.2, 0.25) is 11.8 Å². The van der Waals surface area contributed by atoms with E-state index in [1.165, 1.54) is 42.0 Å². The van der Waals surface area contributed by atoms with Gasteiger partial charge < -0.3 is 14.7 Å². The molecule has 27 heavy (non-hydrogen) atoms. The fraction of sp³-hybridized carbons (Fsp3) is 0.450. The quantitative estimate of drug-likeness (QED) is 0.601. The van der Waals surface area contributed by atoms with Crippen LogP contribution in [0.4, 0.5) is 0 Å². The zero-order valence-electron chi connectivity index (χ0n) is 15.2. The first-order valence-corrected chi connectivity index (χ1v) is 10.6. The van der Waals surface area contributed by atoms with Gasteiger partial charge in [-0.05, 0) is 30.9 Å². The van der Waals surface area contributed by atoms with Crippen LogP contribution in [0.2, 0.25) is 0 Å². The Kier molecular flexibility index (Phi) is 5.77. The molecule has 1 aromatic carbocycles. The molecule has 0 radical (unpaired) electrons. The highest BCUT2D eigenvalue weighted by molar-refractivity contribution is 7.99. The molecular weight excluding hydrogens is 360 g/mol. The number of para-hydroxylation sites is 1. The van der Waals surface area contributed by atoms with Crippen LogP contribution in [-0.2, 0) is 11.2 Å². The van der Waals surface area contributed by atoms with Crippen LogP contribution in [0.25, 0.3) is 10.9 Å². The lowest BCUT2D eigenvalue weighted by molar-refractivity contribution is -0.118. The summed E-state index contributed by atoms with van der Waals surface area (Å²) in [6.07, 6.45) is 8.82. The summed E-state index contributed by atoms with van der Waals surface area (Å²) in [5.74, 6) is 1.40. The van der Waals surface area contributed by atoms with Crippen molar-refractivity contribution in [1.82, 2.24) is 20.5 Å². The fourth-order valence-electron chi connectivity index (χ4n) is 3.65. The van der Waals surface area contributed by atoms with E-state index in [1.54, 1.807) is 0 Å². The summed E-state index contributed by atoms with van der Waals surface area (Å²) in [4.78, 5) is 15.3. The molecule has 0 atom stereocenters. The van der Waals surface area contributed by atoms with Crippen LogP contribution in [0, 0.1) is 0 Å². The predicted octanol–water partition coefficient (Wildman–Crippen LogP) is 4.05. The first-order chi connectivity index (χ1) is 13.3. The Morgan fingerprint density at radius 2 is 2.07 bits per heavy atom. The molecule has 1 aliphatic carbocycles. The van der Waals surface area contributed by atoms with Crippen LogP contribution in [0.3, 0.4) is 0 Å². The number of carbonyl (C=O) groups is 1. The van der Waals surface area contributed by atoms with Gasteiger partial charge in [-0.1, -0.05) is 49.2 Å². The number of aromatic nitrogens is 3. The van der Waals surface area contributed by atoms with E-state index in [0.717, 1.165) is 30.7 Å². The van der Waals surface area contributed by atoms with Gasteiger partial charge in [0.1, 0.15) is 0 Å². The second kappa shape index (κ2) is 8.61. The van der Waals surface area contributed by atoms with Crippen molar-refractivity contribution in [2.24, 2.45) is 0 Å². The number of carbonyl (C=O) groups excluding carboxylic acids is 1. The number of fused-ring (bicyclic) bond motifs is 1. The molecule has 4 rings (SSSR count). The number of nitrogens with zero attached hydrogens (tertiary/aromatic N) is 2. The van der Waals surface area contributed by atoms with Crippen molar-refractivity contribution >= 4 is 28.6 Å². The molecule has 1 amide bonds. The number of aromatic amines is 1. The maximum atomic E-state index is 12.1. The summed E-state index contributed by atoms with van der Waals surface area (Å²) in [6, 6.07) is 8.19. The molecule has 142 valence electrons.